The highest BCUT2D eigenvalue weighted by molar-refractivity contribution is 5.78. The van der Waals surface area contributed by atoms with Crippen LogP contribution in [0.25, 0.3) is 0 Å². The zero-order valence-corrected chi connectivity index (χ0v) is 12.2. The minimum atomic E-state index is 0.181. The summed E-state index contributed by atoms with van der Waals surface area (Å²) in [4.78, 5) is 16.5. The first-order valence-electron chi connectivity index (χ1n) is 7.83. The van der Waals surface area contributed by atoms with Gasteiger partial charge in [0.25, 0.3) is 0 Å². The van der Waals surface area contributed by atoms with E-state index in [0.29, 0.717) is 12.6 Å². The summed E-state index contributed by atoms with van der Waals surface area (Å²) in [7, 11) is 1.95. The fraction of sp³-hybridized carbons (Fsp3) is 0.933. The Hall–Kier alpha value is -0.610. The molecule has 2 fully saturated rings. The Morgan fingerprint density at radius 1 is 1.16 bits per heavy atom. The Balaban J connectivity index is 1.84. The number of rotatable bonds is 4. The van der Waals surface area contributed by atoms with Crippen LogP contribution in [-0.4, -0.2) is 59.6 Å². The third-order valence-corrected chi connectivity index (χ3v) is 4.81. The van der Waals surface area contributed by atoms with Crippen molar-refractivity contribution in [1.29, 1.82) is 0 Å². The van der Waals surface area contributed by atoms with Crippen LogP contribution >= 0.6 is 0 Å². The topological polar surface area (TPSA) is 43.8 Å². The molecule has 4 nitrogen and oxygen atoms in total. The molecular formula is C15H28N2O2. The van der Waals surface area contributed by atoms with E-state index in [1.54, 1.807) is 0 Å². The lowest BCUT2D eigenvalue weighted by atomic mass is 9.94. The summed E-state index contributed by atoms with van der Waals surface area (Å²) in [6.07, 6.45) is 9.49. The van der Waals surface area contributed by atoms with Gasteiger partial charge in [-0.25, -0.2) is 0 Å². The van der Waals surface area contributed by atoms with E-state index in [0.717, 1.165) is 32.2 Å². The number of nitrogens with zero attached hydrogens (tertiary/aromatic N) is 2. The van der Waals surface area contributed by atoms with Crippen molar-refractivity contribution in [3.63, 3.8) is 0 Å². The van der Waals surface area contributed by atoms with Crippen molar-refractivity contribution in [1.82, 2.24) is 9.80 Å². The third kappa shape index (κ3) is 3.93. The number of carbonyl (C=O) groups is 1. The molecule has 2 rings (SSSR count). The van der Waals surface area contributed by atoms with Gasteiger partial charge in [0.15, 0.2) is 0 Å². The van der Waals surface area contributed by atoms with Gasteiger partial charge in [0.2, 0.25) is 5.91 Å². The van der Waals surface area contributed by atoms with Gasteiger partial charge in [-0.05, 0) is 32.2 Å². The van der Waals surface area contributed by atoms with Crippen LogP contribution in [0.1, 0.15) is 51.4 Å². The Morgan fingerprint density at radius 2 is 1.84 bits per heavy atom. The molecule has 19 heavy (non-hydrogen) atoms. The monoisotopic (exact) mass is 268 g/mol. The van der Waals surface area contributed by atoms with E-state index in [1.165, 1.54) is 25.7 Å². The second-order valence-corrected chi connectivity index (χ2v) is 6.10. The zero-order chi connectivity index (χ0) is 13.7. The van der Waals surface area contributed by atoms with Crippen molar-refractivity contribution in [3.8, 4) is 0 Å². The Labute approximate surface area is 116 Å². The predicted octanol–water partition coefficient (Wildman–Crippen LogP) is 1.62. The first-order chi connectivity index (χ1) is 9.22. The van der Waals surface area contributed by atoms with Crippen LogP contribution in [-0.2, 0) is 4.79 Å². The second kappa shape index (κ2) is 7.25. The molecule has 1 aliphatic carbocycles. The highest BCUT2D eigenvalue weighted by atomic mass is 16.3. The van der Waals surface area contributed by atoms with E-state index >= 15 is 0 Å². The summed E-state index contributed by atoms with van der Waals surface area (Å²) < 4.78 is 0. The Bertz CT molecular complexity index is 290. The van der Waals surface area contributed by atoms with Gasteiger partial charge in [0.1, 0.15) is 0 Å². The number of likely N-dealkylation sites (tertiary alicyclic amines) is 1. The summed E-state index contributed by atoms with van der Waals surface area (Å²) in [5.74, 6) is 0.229. The van der Waals surface area contributed by atoms with E-state index in [2.05, 4.69) is 4.90 Å². The van der Waals surface area contributed by atoms with Crippen molar-refractivity contribution in [2.45, 2.75) is 63.5 Å². The SMILES string of the molecule is CN(C(=O)CN1CCCCC1CO)C1CCCCC1. The van der Waals surface area contributed by atoms with Crippen LogP contribution < -0.4 is 0 Å². The van der Waals surface area contributed by atoms with E-state index in [9.17, 15) is 9.90 Å². The second-order valence-electron chi connectivity index (χ2n) is 6.10. The fourth-order valence-electron chi connectivity index (χ4n) is 3.43. The molecule has 0 aromatic carbocycles. The molecule has 1 amide bonds. The average molecular weight is 268 g/mol. The highest BCUT2D eigenvalue weighted by Gasteiger charge is 2.27. The molecule has 110 valence electrons. The first-order valence-corrected chi connectivity index (χ1v) is 7.83. The average Bonchev–Trinajstić information content (AvgIpc) is 2.48. The molecule has 1 aliphatic heterocycles. The molecule has 1 atom stereocenters. The molecular weight excluding hydrogens is 240 g/mol. The summed E-state index contributed by atoms with van der Waals surface area (Å²) >= 11 is 0. The lowest BCUT2D eigenvalue weighted by Crippen LogP contribution is -2.49. The van der Waals surface area contributed by atoms with Crippen LogP contribution in [0.5, 0.6) is 0 Å². The van der Waals surface area contributed by atoms with Gasteiger partial charge >= 0.3 is 0 Å². The molecule has 1 saturated carbocycles. The maximum absolute atomic E-state index is 12.4. The van der Waals surface area contributed by atoms with Gasteiger partial charge in [-0.1, -0.05) is 25.7 Å². The van der Waals surface area contributed by atoms with Crippen molar-refractivity contribution in [2.75, 3.05) is 26.7 Å². The normalized spacial score (nSPS) is 26.3. The molecule has 1 saturated heterocycles. The molecule has 0 spiro atoms. The van der Waals surface area contributed by atoms with Gasteiger partial charge < -0.3 is 10.0 Å². The number of hydrogen-bond acceptors (Lipinski definition) is 3. The van der Waals surface area contributed by atoms with E-state index in [4.69, 9.17) is 0 Å². The molecule has 4 heteroatoms. The summed E-state index contributed by atoms with van der Waals surface area (Å²) in [6.45, 7) is 1.62. The van der Waals surface area contributed by atoms with Gasteiger partial charge in [0.05, 0.1) is 13.2 Å². The number of carbonyl (C=O) groups excluding carboxylic acids is 1. The molecule has 1 heterocycles. The molecule has 1 N–H and O–H groups in total. The molecule has 1 unspecified atom stereocenters. The third-order valence-electron chi connectivity index (χ3n) is 4.81. The van der Waals surface area contributed by atoms with Crippen LogP contribution in [0.15, 0.2) is 0 Å². The standard InChI is InChI=1S/C15H28N2O2/c1-16(13-7-3-2-4-8-13)15(19)11-17-10-6-5-9-14(17)12-18/h13-14,18H,2-12H2,1H3. The maximum atomic E-state index is 12.4. The molecule has 0 aromatic heterocycles. The summed E-state index contributed by atoms with van der Waals surface area (Å²) in [5, 5.41) is 9.40. The van der Waals surface area contributed by atoms with Crippen LogP contribution in [0.3, 0.4) is 0 Å². The van der Waals surface area contributed by atoms with Crippen LogP contribution in [0.4, 0.5) is 0 Å². The van der Waals surface area contributed by atoms with E-state index < -0.39 is 0 Å². The van der Waals surface area contributed by atoms with Crippen molar-refractivity contribution >= 4 is 5.91 Å². The minimum absolute atomic E-state index is 0.181. The lowest BCUT2D eigenvalue weighted by molar-refractivity contribution is -0.135. The summed E-state index contributed by atoms with van der Waals surface area (Å²) in [6, 6.07) is 0.635. The smallest absolute Gasteiger partial charge is 0.236 e. The molecule has 0 radical (unpaired) electrons. The number of piperidine rings is 1. The lowest BCUT2D eigenvalue weighted by Gasteiger charge is -2.37. The number of aliphatic hydroxyl groups is 1. The largest absolute Gasteiger partial charge is 0.395 e. The number of likely N-dealkylation sites (N-methyl/N-ethyl adjacent to an activating group) is 1. The maximum Gasteiger partial charge on any atom is 0.236 e. The van der Waals surface area contributed by atoms with Crippen LogP contribution in [0.2, 0.25) is 0 Å². The first kappa shape index (κ1) is 14.8. The van der Waals surface area contributed by atoms with Gasteiger partial charge in [-0.15, -0.1) is 0 Å². The molecule has 2 aliphatic rings. The van der Waals surface area contributed by atoms with Gasteiger partial charge in [0, 0.05) is 19.1 Å². The van der Waals surface area contributed by atoms with Gasteiger partial charge in [-0.3, -0.25) is 9.69 Å². The van der Waals surface area contributed by atoms with Crippen molar-refractivity contribution in [2.24, 2.45) is 0 Å². The summed E-state index contributed by atoms with van der Waals surface area (Å²) in [5.41, 5.74) is 0. The van der Waals surface area contributed by atoms with E-state index in [-0.39, 0.29) is 18.6 Å². The number of amides is 1. The zero-order valence-electron chi connectivity index (χ0n) is 12.2. The molecule has 0 bridgehead atoms. The quantitative estimate of drug-likeness (QED) is 0.842. The number of aliphatic hydroxyl groups excluding tert-OH is 1. The molecule has 0 aromatic rings. The Morgan fingerprint density at radius 3 is 2.53 bits per heavy atom. The predicted molar refractivity (Wildman–Crippen MR) is 75.9 cm³/mol. The van der Waals surface area contributed by atoms with Crippen molar-refractivity contribution < 1.29 is 9.90 Å². The van der Waals surface area contributed by atoms with Crippen LogP contribution in [0, 0.1) is 0 Å². The highest BCUT2D eigenvalue weighted by Crippen LogP contribution is 2.22. The van der Waals surface area contributed by atoms with Gasteiger partial charge in [-0.2, -0.15) is 0 Å². The number of hydrogen-bond donors (Lipinski definition) is 1. The minimum Gasteiger partial charge on any atom is -0.395 e. The van der Waals surface area contributed by atoms with E-state index in [1.807, 2.05) is 11.9 Å². The fourth-order valence-corrected chi connectivity index (χ4v) is 3.43. The van der Waals surface area contributed by atoms with Crippen molar-refractivity contribution in [3.05, 3.63) is 0 Å². The Kier molecular flexibility index (Phi) is 5.64.